The topological polar surface area (TPSA) is 62.3 Å². The van der Waals surface area contributed by atoms with E-state index < -0.39 is 0 Å². The van der Waals surface area contributed by atoms with E-state index in [0.717, 1.165) is 52.0 Å². The lowest BCUT2D eigenvalue weighted by molar-refractivity contribution is -0.141. The number of amides is 2. The van der Waals surface area contributed by atoms with Gasteiger partial charge in [0, 0.05) is 65.5 Å². The lowest BCUT2D eigenvalue weighted by atomic mass is 9.98. The van der Waals surface area contributed by atoms with Crippen molar-refractivity contribution in [3.63, 3.8) is 0 Å². The fourth-order valence-electron chi connectivity index (χ4n) is 3.94. The highest BCUT2D eigenvalue weighted by Crippen LogP contribution is 2.22. The Balaban J connectivity index is 1.46. The summed E-state index contributed by atoms with van der Waals surface area (Å²) in [6.07, 6.45) is 2.57. The molecular weight excluding hydrogens is 310 g/mol. The molecule has 0 aromatic rings. The number of carbonyl (C=O) groups is 2. The largest absolute Gasteiger partial charge is 0.383 e. The summed E-state index contributed by atoms with van der Waals surface area (Å²) in [5.74, 6) is 0.622. The first-order valence-corrected chi connectivity index (χ1v) is 9.09. The van der Waals surface area contributed by atoms with Gasteiger partial charge in [-0.05, 0) is 19.3 Å². The minimum Gasteiger partial charge on any atom is -0.383 e. The van der Waals surface area contributed by atoms with Gasteiger partial charge < -0.3 is 19.3 Å². The first-order chi connectivity index (χ1) is 11.7. The fraction of sp³-hybridized carbons (Fsp3) is 0.882. The second-order valence-electron chi connectivity index (χ2n) is 6.87. The zero-order valence-corrected chi connectivity index (χ0v) is 14.6. The van der Waals surface area contributed by atoms with Crippen molar-refractivity contribution < 1.29 is 19.1 Å². The maximum atomic E-state index is 12.6. The molecule has 3 aliphatic rings. The summed E-state index contributed by atoms with van der Waals surface area (Å²) in [5.41, 5.74) is 0. The van der Waals surface area contributed by atoms with Crippen LogP contribution in [0, 0.1) is 5.92 Å². The highest BCUT2D eigenvalue weighted by molar-refractivity contribution is 5.84. The molecule has 0 aromatic heterocycles. The maximum absolute atomic E-state index is 12.6. The molecule has 0 spiro atoms. The van der Waals surface area contributed by atoms with E-state index in [9.17, 15) is 9.59 Å². The van der Waals surface area contributed by atoms with Gasteiger partial charge in [0.05, 0.1) is 12.6 Å². The minimum atomic E-state index is -0.0119. The number of ether oxygens (including phenoxy) is 2. The predicted octanol–water partition coefficient (Wildman–Crippen LogP) is -0.195. The quantitative estimate of drug-likeness (QED) is 0.694. The second kappa shape index (κ2) is 8.27. The molecule has 7 heteroatoms. The van der Waals surface area contributed by atoms with E-state index in [1.54, 1.807) is 7.11 Å². The van der Waals surface area contributed by atoms with Crippen molar-refractivity contribution in [3.8, 4) is 0 Å². The van der Waals surface area contributed by atoms with Crippen LogP contribution >= 0.6 is 0 Å². The smallest absolute Gasteiger partial charge is 0.240 e. The summed E-state index contributed by atoms with van der Waals surface area (Å²) in [5, 5.41) is 0. The van der Waals surface area contributed by atoms with Gasteiger partial charge in [0.15, 0.2) is 0 Å². The molecule has 3 fully saturated rings. The van der Waals surface area contributed by atoms with Crippen LogP contribution in [0.25, 0.3) is 0 Å². The molecular formula is C17H29N3O4. The summed E-state index contributed by atoms with van der Waals surface area (Å²) in [6.45, 7) is 6.53. The van der Waals surface area contributed by atoms with Gasteiger partial charge in [0.25, 0.3) is 0 Å². The summed E-state index contributed by atoms with van der Waals surface area (Å²) in [4.78, 5) is 31.2. The molecule has 0 saturated carbocycles. The Morgan fingerprint density at radius 3 is 2.50 bits per heavy atom. The highest BCUT2D eigenvalue weighted by Gasteiger charge is 2.38. The Labute approximate surface area is 143 Å². The highest BCUT2D eigenvalue weighted by atomic mass is 16.5. The third kappa shape index (κ3) is 3.90. The van der Waals surface area contributed by atoms with E-state index in [2.05, 4.69) is 4.90 Å². The standard InChI is InChI=1S/C17H29N3O4/c1-23-13-10-19-5-2-15(17(19)22)18-6-8-20(9-7-18)16(21)14-3-11-24-12-4-14/h14-15H,2-13H2,1H3. The Morgan fingerprint density at radius 1 is 1.12 bits per heavy atom. The average Bonchev–Trinajstić information content (AvgIpc) is 3.01. The van der Waals surface area contributed by atoms with Crippen molar-refractivity contribution >= 4 is 11.8 Å². The first-order valence-electron chi connectivity index (χ1n) is 9.09. The van der Waals surface area contributed by atoms with E-state index in [4.69, 9.17) is 9.47 Å². The number of methoxy groups -OCH3 is 1. The summed E-state index contributed by atoms with van der Waals surface area (Å²) >= 11 is 0. The van der Waals surface area contributed by atoms with Crippen LogP contribution in [0.4, 0.5) is 0 Å². The summed E-state index contributed by atoms with van der Waals surface area (Å²) < 4.78 is 10.4. The van der Waals surface area contributed by atoms with E-state index >= 15 is 0 Å². The van der Waals surface area contributed by atoms with Gasteiger partial charge in [-0.1, -0.05) is 0 Å². The molecule has 3 rings (SSSR count). The molecule has 3 heterocycles. The van der Waals surface area contributed by atoms with Gasteiger partial charge in [-0.25, -0.2) is 0 Å². The molecule has 2 amide bonds. The predicted molar refractivity (Wildman–Crippen MR) is 88.6 cm³/mol. The van der Waals surface area contributed by atoms with E-state index in [0.29, 0.717) is 26.4 Å². The van der Waals surface area contributed by atoms with Crippen molar-refractivity contribution in [1.29, 1.82) is 0 Å². The molecule has 0 radical (unpaired) electrons. The third-order valence-electron chi connectivity index (χ3n) is 5.47. The number of carbonyl (C=O) groups excluding carboxylic acids is 2. The number of hydrogen-bond donors (Lipinski definition) is 0. The Morgan fingerprint density at radius 2 is 1.83 bits per heavy atom. The van der Waals surface area contributed by atoms with Crippen LogP contribution in [-0.4, -0.2) is 98.8 Å². The van der Waals surface area contributed by atoms with Crippen LogP contribution in [0.1, 0.15) is 19.3 Å². The van der Waals surface area contributed by atoms with Crippen molar-refractivity contribution in [2.75, 3.05) is 66.2 Å². The molecule has 136 valence electrons. The molecule has 0 bridgehead atoms. The number of nitrogens with zero attached hydrogens (tertiary/aromatic N) is 3. The van der Waals surface area contributed by atoms with Crippen LogP contribution in [0.3, 0.4) is 0 Å². The van der Waals surface area contributed by atoms with Gasteiger partial charge >= 0.3 is 0 Å². The molecule has 1 unspecified atom stereocenters. The lowest BCUT2D eigenvalue weighted by Crippen LogP contribution is -2.55. The molecule has 3 aliphatic heterocycles. The van der Waals surface area contributed by atoms with Crippen LogP contribution in [0.5, 0.6) is 0 Å². The zero-order valence-electron chi connectivity index (χ0n) is 14.6. The third-order valence-corrected chi connectivity index (χ3v) is 5.47. The SMILES string of the molecule is COCCN1CCC(N2CCN(C(=O)C3CCOCC3)CC2)C1=O. The maximum Gasteiger partial charge on any atom is 0.240 e. The average molecular weight is 339 g/mol. The van der Waals surface area contributed by atoms with Gasteiger partial charge in [-0.2, -0.15) is 0 Å². The number of piperazine rings is 1. The van der Waals surface area contributed by atoms with Crippen molar-refractivity contribution in [3.05, 3.63) is 0 Å². The first kappa shape index (κ1) is 17.6. The van der Waals surface area contributed by atoms with Crippen LogP contribution in [0.2, 0.25) is 0 Å². The van der Waals surface area contributed by atoms with Crippen molar-refractivity contribution in [1.82, 2.24) is 14.7 Å². The molecule has 1 atom stereocenters. The van der Waals surface area contributed by atoms with Crippen LogP contribution in [-0.2, 0) is 19.1 Å². The van der Waals surface area contributed by atoms with Gasteiger partial charge in [-0.15, -0.1) is 0 Å². The monoisotopic (exact) mass is 339 g/mol. The molecule has 0 N–H and O–H groups in total. The van der Waals surface area contributed by atoms with Gasteiger partial charge in [0.2, 0.25) is 11.8 Å². The van der Waals surface area contributed by atoms with Crippen LogP contribution < -0.4 is 0 Å². The minimum absolute atomic E-state index is 0.0119. The number of rotatable bonds is 5. The zero-order chi connectivity index (χ0) is 16.9. The molecule has 3 saturated heterocycles. The Kier molecular flexibility index (Phi) is 6.08. The summed E-state index contributed by atoms with van der Waals surface area (Å²) in [6, 6.07) is -0.0119. The molecule has 0 aromatic carbocycles. The molecule has 0 aliphatic carbocycles. The van der Waals surface area contributed by atoms with Gasteiger partial charge in [-0.3, -0.25) is 14.5 Å². The van der Waals surface area contributed by atoms with Crippen molar-refractivity contribution in [2.45, 2.75) is 25.3 Å². The normalized spacial score (nSPS) is 27.0. The molecule has 7 nitrogen and oxygen atoms in total. The van der Waals surface area contributed by atoms with E-state index in [1.807, 2.05) is 9.80 Å². The van der Waals surface area contributed by atoms with E-state index in [-0.39, 0.29) is 23.8 Å². The number of likely N-dealkylation sites (tertiary alicyclic amines) is 1. The van der Waals surface area contributed by atoms with E-state index in [1.165, 1.54) is 0 Å². The van der Waals surface area contributed by atoms with Crippen molar-refractivity contribution in [2.24, 2.45) is 5.92 Å². The molecule has 24 heavy (non-hydrogen) atoms. The number of hydrogen-bond acceptors (Lipinski definition) is 5. The van der Waals surface area contributed by atoms with Gasteiger partial charge in [0.1, 0.15) is 0 Å². The Bertz CT molecular complexity index is 445. The Hall–Kier alpha value is -1.18. The second-order valence-corrected chi connectivity index (χ2v) is 6.87. The fourth-order valence-corrected chi connectivity index (χ4v) is 3.94. The summed E-state index contributed by atoms with van der Waals surface area (Å²) in [7, 11) is 1.66. The van der Waals surface area contributed by atoms with Crippen LogP contribution in [0.15, 0.2) is 0 Å². The lowest BCUT2D eigenvalue weighted by Gasteiger charge is -2.39.